The zero-order valence-corrected chi connectivity index (χ0v) is 7.33. The minimum absolute atomic E-state index is 0.330. The van der Waals surface area contributed by atoms with Crippen molar-refractivity contribution >= 4 is 0 Å². The third-order valence-corrected chi connectivity index (χ3v) is 2.44. The predicted octanol–water partition coefficient (Wildman–Crippen LogP) is 2.62. The van der Waals surface area contributed by atoms with E-state index < -0.39 is 0 Å². The van der Waals surface area contributed by atoms with Gasteiger partial charge in [-0.25, -0.2) is 0 Å². The van der Waals surface area contributed by atoms with Gasteiger partial charge in [-0.1, -0.05) is 24.3 Å². The first-order chi connectivity index (χ1) is 5.77. The van der Waals surface area contributed by atoms with Crippen LogP contribution in [0.5, 0.6) is 0 Å². The van der Waals surface area contributed by atoms with E-state index in [1.54, 1.807) is 0 Å². The van der Waals surface area contributed by atoms with Crippen LogP contribution in [0.3, 0.4) is 0 Å². The first-order valence-electron chi connectivity index (χ1n) is 4.55. The van der Waals surface area contributed by atoms with E-state index in [1.807, 2.05) is 19.1 Å². The largest absolute Gasteiger partial charge is 0.389 e. The number of benzene rings is 1. The Morgan fingerprint density at radius 1 is 1.42 bits per heavy atom. The number of hydrogen-bond donors (Lipinski definition) is 1. The highest BCUT2D eigenvalue weighted by Gasteiger charge is 2.23. The molecule has 0 saturated heterocycles. The summed E-state index contributed by atoms with van der Waals surface area (Å²) in [6, 6.07) is 8.30. The molecule has 1 fully saturated rings. The summed E-state index contributed by atoms with van der Waals surface area (Å²) < 4.78 is 0. The number of hydrogen-bond acceptors (Lipinski definition) is 1. The standard InChI is InChI=1S/C11H14O/c1-8(12)10-3-2-4-11(7-10)9-5-6-9/h2-4,7-9,12H,5-6H2,1H3/t8-/m0/s1. The van der Waals surface area contributed by atoms with Gasteiger partial charge in [0, 0.05) is 0 Å². The molecular formula is C11H14O. The van der Waals surface area contributed by atoms with Gasteiger partial charge in [0.25, 0.3) is 0 Å². The van der Waals surface area contributed by atoms with E-state index >= 15 is 0 Å². The maximum absolute atomic E-state index is 9.35. The Hall–Kier alpha value is -0.820. The van der Waals surface area contributed by atoms with Crippen molar-refractivity contribution in [3.8, 4) is 0 Å². The normalized spacial score (nSPS) is 19.2. The van der Waals surface area contributed by atoms with E-state index in [0.717, 1.165) is 11.5 Å². The highest BCUT2D eigenvalue weighted by atomic mass is 16.3. The van der Waals surface area contributed by atoms with Gasteiger partial charge in [-0.2, -0.15) is 0 Å². The molecule has 0 unspecified atom stereocenters. The molecule has 1 aliphatic rings. The second kappa shape index (κ2) is 2.91. The van der Waals surface area contributed by atoms with Crippen molar-refractivity contribution in [1.29, 1.82) is 0 Å². The summed E-state index contributed by atoms with van der Waals surface area (Å²) in [6.45, 7) is 1.81. The first kappa shape index (κ1) is 7.81. The molecular weight excluding hydrogens is 148 g/mol. The summed E-state index contributed by atoms with van der Waals surface area (Å²) in [5.74, 6) is 0.781. The molecule has 0 heterocycles. The van der Waals surface area contributed by atoms with Crippen LogP contribution in [-0.2, 0) is 0 Å². The van der Waals surface area contributed by atoms with Gasteiger partial charge in [0.05, 0.1) is 6.10 Å². The van der Waals surface area contributed by atoms with E-state index in [9.17, 15) is 5.11 Å². The Morgan fingerprint density at radius 2 is 2.17 bits per heavy atom. The Balaban J connectivity index is 2.26. The summed E-state index contributed by atoms with van der Waals surface area (Å²) in [5.41, 5.74) is 2.44. The highest BCUT2D eigenvalue weighted by Crippen LogP contribution is 2.40. The predicted molar refractivity (Wildman–Crippen MR) is 49.1 cm³/mol. The fourth-order valence-electron chi connectivity index (χ4n) is 1.49. The van der Waals surface area contributed by atoms with Crippen molar-refractivity contribution in [3.63, 3.8) is 0 Å². The summed E-state index contributed by atoms with van der Waals surface area (Å²) in [7, 11) is 0. The molecule has 12 heavy (non-hydrogen) atoms. The lowest BCUT2D eigenvalue weighted by Gasteiger charge is -2.06. The average molecular weight is 162 g/mol. The quantitative estimate of drug-likeness (QED) is 0.708. The Bertz CT molecular complexity index is 257. The lowest BCUT2D eigenvalue weighted by molar-refractivity contribution is 0.199. The van der Waals surface area contributed by atoms with Gasteiger partial charge in [0.2, 0.25) is 0 Å². The van der Waals surface area contributed by atoms with Gasteiger partial charge in [-0.05, 0) is 36.8 Å². The van der Waals surface area contributed by atoms with Crippen LogP contribution in [0.4, 0.5) is 0 Å². The van der Waals surface area contributed by atoms with E-state index in [1.165, 1.54) is 18.4 Å². The molecule has 1 nitrogen and oxygen atoms in total. The molecule has 0 bridgehead atoms. The lowest BCUT2D eigenvalue weighted by Crippen LogP contribution is -1.91. The fraction of sp³-hybridized carbons (Fsp3) is 0.455. The Kier molecular flexibility index (Phi) is 1.89. The monoisotopic (exact) mass is 162 g/mol. The maximum Gasteiger partial charge on any atom is 0.0762 e. The van der Waals surface area contributed by atoms with Crippen molar-refractivity contribution in [1.82, 2.24) is 0 Å². The number of aliphatic hydroxyl groups is 1. The van der Waals surface area contributed by atoms with Gasteiger partial charge in [-0.3, -0.25) is 0 Å². The second-order valence-electron chi connectivity index (χ2n) is 3.62. The maximum atomic E-state index is 9.35. The summed E-state index contributed by atoms with van der Waals surface area (Å²) in [6.07, 6.45) is 2.32. The molecule has 1 heteroatoms. The first-order valence-corrected chi connectivity index (χ1v) is 4.55. The second-order valence-corrected chi connectivity index (χ2v) is 3.62. The van der Waals surface area contributed by atoms with E-state index in [-0.39, 0.29) is 6.10 Å². The molecule has 0 aromatic heterocycles. The van der Waals surface area contributed by atoms with Crippen LogP contribution in [0.2, 0.25) is 0 Å². The molecule has 64 valence electrons. The van der Waals surface area contributed by atoms with Gasteiger partial charge >= 0.3 is 0 Å². The third-order valence-electron chi connectivity index (χ3n) is 2.44. The van der Waals surface area contributed by atoms with Gasteiger partial charge in [-0.15, -0.1) is 0 Å². The molecule has 1 aromatic carbocycles. The molecule has 1 saturated carbocycles. The van der Waals surface area contributed by atoms with Crippen LogP contribution in [-0.4, -0.2) is 5.11 Å². The zero-order valence-electron chi connectivity index (χ0n) is 7.33. The Morgan fingerprint density at radius 3 is 2.75 bits per heavy atom. The van der Waals surface area contributed by atoms with Gasteiger partial charge in [0.15, 0.2) is 0 Å². The van der Waals surface area contributed by atoms with Crippen molar-refractivity contribution in [2.45, 2.75) is 31.8 Å². The van der Waals surface area contributed by atoms with E-state index in [0.29, 0.717) is 0 Å². The van der Waals surface area contributed by atoms with Crippen molar-refractivity contribution in [2.24, 2.45) is 0 Å². The molecule has 0 radical (unpaired) electrons. The minimum atomic E-state index is -0.330. The molecule has 1 aliphatic carbocycles. The van der Waals surface area contributed by atoms with Crippen LogP contribution in [0.25, 0.3) is 0 Å². The van der Waals surface area contributed by atoms with Gasteiger partial charge in [0.1, 0.15) is 0 Å². The molecule has 2 rings (SSSR count). The van der Waals surface area contributed by atoms with Crippen LogP contribution in [0.15, 0.2) is 24.3 Å². The topological polar surface area (TPSA) is 20.2 Å². The van der Waals surface area contributed by atoms with Crippen LogP contribution < -0.4 is 0 Å². The smallest absolute Gasteiger partial charge is 0.0762 e. The van der Waals surface area contributed by atoms with E-state index in [4.69, 9.17) is 0 Å². The number of rotatable bonds is 2. The molecule has 0 amide bonds. The Labute approximate surface area is 73.0 Å². The molecule has 1 N–H and O–H groups in total. The minimum Gasteiger partial charge on any atom is -0.389 e. The third kappa shape index (κ3) is 1.51. The highest BCUT2D eigenvalue weighted by molar-refractivity contribution is 5.29. The SMILES string of the molecule is C[C@H](O)c1cccc(C2CC2)c1. The van der Waals surface area contributed by atoms with Crippen LogP contribution in [0.1, 0.15) is 42.9 Å². The summed E-state index contributed by atoms with van der Waals surface area (Å²) in [4.78, 5) is 0. The van der Waals surface area contributed by atoms with Crippen molar-refractivity contribution < 1.29 is 5.11 Å². The molecule has 1 aromatic rings. The van der Waals surface area contributed by atoms with Crippen molar-refractivity contribution in [2.75, 3.05) is 0 Å². The summed E-state index contributed by atoms with van der Waals surface area (Å²) in [5, 5.41) is 9.35. The van der Waals surface area contributed by atoms with Gasteiger partial charge < -0.3 is 5.11 Å². The molecule has 0 aliphatic heterocycles. The summed E-state index contributed by atoms with van der Waals surface area (Å²) >= 11 is 0. The fourth-order valence-corrected chi connectivity index (χ4v) is 1.49. The average Bonchev–Trinajstić information content (AvgIpc) is 2.87. The van der Waals surface area contributed by atoms with E-state index in [2.05, 4.69) is 12.1 Å². The molecule has 0 spiro atoms. The zero-order chi connectivity index (χ0) is 8.55. The van der Waals surface area contributed by atoms with Crippen LogP contribution >= 0.6 is 0 Å². The lowest BCUT2D eigenvalue weighted by atomic mass is 10.0. The van der Waals surface area contributed by atoms with Crippen molar-refractivity contribution in [3.05, 3.63) is 35.4 Å². The molecule has 1 atom stereocenters. The van der Waals surface area contributed by atoms with Crippen LogP contribution in [0, 0.1) is 0 Å². The number of aliphatic hydroxyl groups excluding tert-OH is 1.